The highest BCUT2D eigenvalue weighted by molar-refractivity contribution is 5.88. The van der Waals surface area contributed by atoms with Gasteiger partial charge in [-0.3, -0.25) is 9.78 Å². The molecule has 158 valence electrons. The lowest BCUT2D eigenvalue weighted by molar-refractivity contribution is -0.123. The molecule has 0 bridgehead atoms. The Hall–Kier alpha value is -2.56. The number of rotatable bonds is 7. The van der Waals surface area contributed by atoms with E-state index in [1.807, 2.05) is 31.3 Å². The minimum Gasteiger partial charge on any atom is -0.441 e. The molecule has 1 fully saturated rings. The number of fused-ring (bicyclic) bond motifs is 1. The van der Waals surface area contributed by atoms with Crippen LogP contribution in [-0.4, -0.2) is 21.9 Å². The topological polar surface area (TPSA) is 56.0 Å². The van der Waals surface area contributed by atoms with Crippen LogP contribution in [-0.2, 0) is 11.2 Å². The fourth-order valence-electron chi connectivity index (χ4n) is 4.49. The number of hydrogen-bond donors (Lipinski definition) is 0. The van der Waals surface area contributed by atoms with Crippen LogP contribution in [0.3, 0.4) is 0 Å². The van der Waals surface area contributed by atoms with Crippen molar-refractivity contribution in [2.45, 2.75) is 65.0 Å². The highest BCUT2D eigenvalue weighted by Gasteiger charge is 2.26. The Balaban J connectivity index is 1.40. The molecule has 0 N–H and O–H groups in total. The van der Waals surface area contributed by atoms with Crippen molar-refractivity contribution in [3.05, 3.63) is 48.2 Å². The van der Waals surface area contributed by atoms with E-state index >= 15 is 0 Å². The molecule has 0 aliphatic heterocycles. The maximum atomic E-state index is 13.1. The van der Waals surface area contributed by atoms with Gasteiger partial charge >= 0.3 is 0 Å². The number of alkyl halides is 1. The molecule has 5 heteroatoms. The lowest BCUT2D eigenvalue weighted by Gasteiger charge is -2.27. The molecule has 1 saturated carbocycles. The number of pyridine rings is 1. The molecule has 2 heterocycles. The van der Waals surface area contributed by atoms with Gasteiger partial charge < -0.3 is 4.42 Å². The molecule has 30 heavy (non-hydrogen) atoms. The van der Waals surface area contributed by atoms with E-state index < -0.39 is 6.17 Å². The first-order valence-corrected chi connectivity index (χ1v) is 11.0. The van der Waals surface area contributed by atoms with Crippen LogP contribution in [0.4, 0.5) is 4.39 Å². The molecule has 2 aromatic heterocycles. The molecule has 4 nitrogen and oxygen atoms in total. The van der Waals surface area contributed by atoms with E-state index in [1.165, 1.54) is 0 Å². The standard InChI is InChI=1S/C25H29FN2O2/c1-16(26)3-4-18-5-7-19(8-6-18)24(29)13-23-12-22-11-20(9-10-21(22)14-28-23)25-15-27-17(2)30-25/h9-12,14-16,18-19H,3-8,13H2,1-2H3. The number of ketones is 1. The molecule has 3 aromatic rings. The van der Waals surface area contributed by atoms with E-state index in [0.717, 1.165) is 59.9 Å². The second kappa shape index (κ2) is 9.07. The van der Waals surface area contributed by atoms with Gasteiger partial charge in [0.2, 0.25) is 0 Å². The zero-order valence-electron chi connectivity index (χ0n) is 17.7. The number of benzene rings is 1. The maximum Gasteiger partial charge on any atom is 0.191 e. The first-order chi connectivity index (χ1) is 14.5. The molecule has 1 aromatic carbocycles. The zero-order chi connectivity index (χ0) is 21.1. The van der Waals surface area contributed by atoms with Crippen molar-refractivity contribution < 1.29 is 13.6 Å². The highest BCUT2D eigenvalue weighted by Crippen LogP contribution is 2.33. The Morgan fingerprint density at radius 1 is 1.13 bits per heavy atom. The molecule has 4 rings (SSSR count). The molecule has 0 spiro atoms. The molecular weight excluding hydrogens is 379 g/mol. The van der Waals surface area contributed by atoms with Crippen LogP contribution < -0.4 is 0 Å². The quantitative estimate of drug-likeness (QED) is 0.463. The Morgan fingerprint density at radius 2 is 1.93 bits per heavy atom. The minimum atomic E-state index is -0.725. The monoisotopic (exact) mass is 408 g/mol. The van der Waals surface area contributed by atoms with Crippen LogP contribution in [0.1, 0.15) is 57.0 Å². The van der Waals surface area contributed by atoms with Gasteiger partial charge in [-0.2, -0.15) is 0 Å². The van der Waals surface area contributed by atoms with Crippen molar-refractivity contribution in [3.8, 4) is 11.3 Å². The van der Waals surface area contributed by atoms with E-state index in [0.29, 0.717) is 24.7 Å². The lowest BCUT2D eigenvalue weighted by Crippen LogP contribution is -2.23. The van der Waals surface area contributed by atoms with E-state index in [4.69, 9.17) is 4.42 Å². The number of hydrogen-bond acceptors (Lipinski definition) is 4. The number of aromatic nitrogens is 2. The summed E-state index contributed by atoms with van der Waals surface area (Å²) in [7, 11) is 0. The highest BCUT2D eigenvalue weighted by atomic mass is 19.1. The van der Waals surface area contributed by atoms with Crippen LogP contribution >= 0.6 is 0 Å². The van der Waals surface area contributed by atoms with Gasteiger partial charge in [-0.15, -0.1) is 0 Å². The SMILES string of the molecule is Cc1ncc(-c2ccc3cnc(CC(=O)C4CCC(CCC(C)F)CC4)cc3c2)o1. The fraction of sp³-hybridized carbons (Fsp3) is 0.480. The summed E-state index contributed by atoms with van der Waals surface area (Å²) in [5, 5.41) is 2.08. The van der Waals surface area contributed by atoms with Gasteiger partial charge in [0.05, 0.1) is 12.4 Å². The predicted octanol–water partition coefficient (Wildman–Crippen LogP) is 6.25. The second-order valence-electron chi connectivity index (χ2n) is 8.70. The van der Waals surface area contributed by atoms with Crippen molar-refractivity contribution in [2.24, 2.45) is 11.8 Å². The van der Waals surface area contributed by atoms with Gasteiger partial charge in [0.1, 0.15) is 5.78 Å². The number of halogens is 1. The summed E-state index contributed by atoms with van der Waals surface area (Å²) in [5.74, 6) is 2.35. The van der Waals surface area contributed by atoms with E-state index in [-0.39, 0.29) is 11.7 Å². The molecule has 1 aliphatic carbocycles. The van der Waals surface area contributed by atoms with Gasteiger partial charge in [-0.05, 0) is 68.9 Å². The molecular formula is C25H29FN2O2. The lowest BCUT2D eigenvalue weighted by atomic mass is 9.77. The smallest absolute Gasteiger partial charge is 0.191 e. The van der Waals surface area contributed by atoms with Crippen LogP contribution in [0.5, 0.6) is 0 Å². The number of aryl methyl sites for hydroxylation is 1. The van der Waals surface area contributed by atoms with Crippen molar-refractivity contribution in [3.63, 3.8) is 0 Å². The van der Waals surface area contributed by atoms with Crippen LogP contribution in [0.15, 0.2) is 41.1 Å². The van der Waals surface area contributed by atoms with Gasteiger partial charge in [0.25, 0.3) is 0 Å². The first-order valence-electron chi connectivity index (χ1n) is 11.0. The summed E-state index contributed by atoms with van der Waals surface area (Å²) < 4.78 is 18.7. The van der Waals surface area contributed by atoms with Gasteiger partial charge in [0, 0.05) is 42.1 Å². The molecule has 1 atom stereocenters. The van der Waals surface area contributed by atoms with Crippen LogP contribution in [0, 0.1) is 18.8 Å². The van der Waals surface area contributed by atoms with E-state index in [9.17, 15) is 9.18 Å². The average molecular weight is 409 g/mol. The maximum absolute atomic E-state index is 13.1. The largest absolute Gasteiger partial charge is 0.441 e. The first kappa shape index (κ1) is 20.7. The summed E-state index contributed by atoms with van der Waals surface area (Å²) in [6, 6.07) is 8.08. The Bertz CT molecular complexity index is 1020. The molecule has 1 unspecified atom stereocenters. The zero-order valence-corrected chi connectivity index (χ0v) is 17.7. The van der Waals surface area contributed by atoms with Crippen LogP contribution in [0.25, 0.3) is 22.1 Å². The summed E-state index contributed by atoms with van der Waals surface area (Å²) in [6.07, 6.45) is 8.71. The Labute approximate surface area is 176 Å². The van der Waals surface area contributed by atoms with Crippen molar-refractivity contribution in [1.82, 2.24) is 9.97 Å². The third-order valence-corrected chi connectivity index (χ3v) is 6.31. The summed E-state index contributed by atoms with van der Waals surface area (Å²) in [6.45, 7) is 3.45. The van der Waals surface area contributed by atoms with Crippen LogP contribution in [0.2, 0.25) is 0 Å². The van der Waals surface area contributed by atoms with E-state index in [1.54, 1.807) is 13.1 Å². The summed E-state index contributed by atoms with van der Waals surface area (Å²) in [4.78, 5) is 21.5. The van der Waals surface area contributed by atoms with Gasteiger partial charge in [-0.25, -0.2) is 9.37 Å². The Kier molecular flexibility index (Phi) is 6.26. The van der Waals surface area contributed by atoms with Crippen molar-refractivity contribution >= 4 is 16.6 Å². The molecule has 0 amide bonds. The van der Waals surface area contributed by atoms with E-state index in [2.05, 4.69) is 16.0 Å². The third-order valence-electron chi connectivity index (χ3n) is 6.31. The third kappa shape index (κ3) is 4.94. The normalized spacial score (nSPS) is 20.4. The fourth-order valence-corrected chi connectivity index (χ4v) is 4.49. The number of carbonyl (C=O) groups is 1. The second-order valence-corrected chi connectivity index (χ2v) is 8.70. The number of Topliss-reactive ketones (excluding diaryl/α,β-unsaturated/α-hetero) is 1. The summed E-state index contributed by atoms with van der Waals surface area (Å²) in [5.41, 5.74) is 1.78. The van der Waals surface area contributed by atoms with Crippen molar-refractivity contribution in [2.75, 3.05) is 0 Å². The van der Waals surface area contributed by atoms with Crippen molar-refractivity contribution in [1.29, 1.82) is 0 Å². The van der Waals surface area contributed by atoms with Gasteiger partial charge in [-0.1, -0.05) is 12.1 Å². The molecule has 0 saturated heterocycles. The number of carbonyl (C=O) groups excluding carboxylic acids is 1. The molecule has 1 aliphatic rings. The number of oxazole rings is 1. The average Bonchev–Trinajstić information content (AvgIpc) is 3.18. The minimum absolute atomic E-state index is 0.116. The predicted molar refractivity (Wildman–Crippen MR) is 116 cm³/mol. The molecule has 0 radical (unpaired) electrons. The Morgan fingerprint density at radius 3 is 2.63 bits per heavy atom. The van der Waals surface area contributed by atoms with Gasteiger partial charge in [0.15, 0.2) is 11.7 Å². The number of nitrogens with zero attached hydrogens (tertiary/aromatic N) is 2. The summed E-state index contributed by atoms with van der Waals surface area (Å²) >= 11 is 0.